The lowest BCUT2D eigenvalue weighted by atomic mass is 9.83. The van der Waals surface area contributed by atoms with Gasteiger partial charge in [0.2, 0.25) is 6.29 Å². The highest BCUT2D eigenvalue weighted by molar-refractivity contribution is 6.10. The third-order valence-corrected chi connectivity index (χ3v) is 6.06. The highest BCUT2D eigenvalue weighted by atomic mass is 16.7. The summed E-state index contributed by atoms with van der Waals surface area (Å²) in [5.41, 5.74) is 0.908. The van der Waals surface area contributed by atoms with Crippen LogP contribution in [-0.2, 0) is 9.47 Å². The van der Waals surface area contributed by atoms with Gasteiger partial charge in [0.05, 0.1) is 23.7 Å². The smallest absolute Gasteiger partial charge is 0.229 e. The first-order chi connectivity index (χ1) is 15.2. The highest BCUT2D eigenvalue weighted by Gasteiger charge is 2.45. The van der Waals surface area contributed by atoms with Crippen molar-refractivity contribution in [2.24, 2.45) is 0 Å². The number of benzene rings is 2. The molecule has 174 valence electrons. The van der Waals surface area contributed by atoms with E-state index in [1.54, 1.807) is 25.1 Å². The predicted molar refractivity (Wildman–Crippen MR) is 109 cm³/mol. The average molecular weight is 450 g/mol. The van der Waals surface area contributed by atoms with Gasteiger partial charge in [0, 0.05) is 13.5 Å². The topological polar surface area (TPSA) is 166 Å². The van der Waals surface area contributed by atoms with E-state index in [4.69, 9.17) is 14.2 Å². The van der Waals surface area contributed by atoms with Crippen molar-refractivity contribution in [3.8, 4) is 11.5 Å². The van der Waals surface area contributed by atoms with E-state index in [0.29, 0.717) is 10.9 Å². The molecule has 2 aromatic rings. The number of ketones is 1. The molecule has 10 heteroatoms. The Morgan fingerprint density at radius 3 is 2.47 bits per heavy atom. The Morgan fingerprint density at radius 2 is 1.81 bits per heavy atom. The SMILES string of the molecule is CO[C@H]1C[C@@H](O)c2cc3cc(C)cc(O[C@@H]4O[C@H](CO)[C@@H](O)[C@H](O)[C@H]4O)c3c(O)c2C1=O. The number of aliphatic hydroxyl groups is 5. The quantitative estimate of drug-likeness (QED) is 0.363. The van der Waals surface area contributed by atoms with Gasteiger partial charge in [-0.2, -0.15) is 0 Å². The summed E-state index contributed by atoms with van der Waals surface area (Å²) in [5, 5.41) is 61.9. The normalized spacial score (nSPS) is 32.7. The van der Waals surface area contributed by atoms with E-state index in [1.165, 1.54) is 7.11 Å². The van der Waals surface area contributed by atoms with Gasteiger partial charge in [0.25, 0.3) is 0 Å². The number of aliphatic hydroxyl groups excluding tert-OH is 5. The molecule has 4 rings (SSSR count). The van der Waals surface area contributed by atoms with Crippen LogP contribution in [0.15, 0.2) is 18.2 Å². The second-order valence-electron chi connectivity index (χ2n) is 8.21. The molecule has 1 aliphatic carbocycles. The summed E-state index contributed by atoms with van der Waals surface area (Å²) in [4.78, 5) is 12.8. The number of carbonyl (C=O) groups is 1. The molecule has 7 atom stereocenters. The fourth-order valence-electron chi connectivity index (χ4n) is 4.35. The first kappa shape index (κ1) is 22.9. The van der Waals surface area contributed by atoms with E-state index in [2.05, 4.69) is 0 Å². The number of fused-ring (bicyclic) bond motifs is 2. The summed E-state index contributed by atoms with van der Waals surface area (Å²) in [6, 6.07) is 4.87. The summed E-state index contributed by atoms with van der Waals surface area (Å²) >= 11 is 0. The van der Waals surface area contributed by atoms with Crippen molar-refractivity contribution >= 4 is 16.6 Å². The van der Waals surface area contributed by atoms with E-state index in [1.807, 2.05) is 0 Å². The number of aromatic hydroxyl groups is 1. The van der Waals surface area contributed by atoms with Crippen LogP contribution in [0.4, 0.5) is 0 Å². The first-order valence-electron chi connectivity index (χ1n) is 10.2. The van der Waals surface area contributed by atoms with E-state index in [-0.39, 0.29) is 28.7 Å². The Hall–Kier alpha value is -2.31. The minimum Gasteiger partial charge on any atom is -0.506 e. The third-order valence-electron chi connectivity index (χ3n) is 6.06. The van der Waals surface area contributed by atoms with Crippen molar-refractivity contribution in [3.05, 3.63) is 34.9 Å². The summed E-state index contributed by atoms with van der Waals surface area (Å²) in [6.07, 6.45) is -9.34. The number of rotatable bonds is 4. The molecule has 0 amide bonds. The first-order valence-corrected chi connectivity index (χ1v) is 10.2. The Bertz CT molecular complexity index is 1040. The Balaban J connectivity index is 1.82. The van der Waals surface area contributed by atoms with Gasteiger partial charge >= 0.3 is 0 Å². The molecule has 2 aromatic carbocycles. The fourth-order valence-corrected chi connectivity index (χ4v) is 4.35. The molecule has 1 heterocycles. The summed E-state index contributed by atoms with van der Waals surface area (Å²) in [7, 11) is 1.34. The van der Waals surface area contributed by atoms with Gasteiger partial charge in [-0.25, -0.2) is 0 Å². The number of ether oxygens (including phenoxy) is 3. The zero-order valence-electron chi connectivity index (χ0n) is 17.5. The average Bonchev–Trinajstić information content (AvgIpc) is 2.75. The molecule has 0 unspecified atom stereocenters. The molecular weight excluding hydrogens is 424 g/mol. The number of phenolic OH excluding ortho intramolecular Hbond substituents is 1. The molecule has 6 N–H and O–H groups in total. The maximum absolute atomic E-state index is 12.8. The van der Waals surface area contributed by atoms with Crippen LogP contribution in [-0.4, -0.2) is 86.9 Å². The number of hydrogen-bond acceptors (Lipinski definition) is 10. The van der Waals surface area contributed by atoms with Crippen LogP contribution >= 0.6 is 0 Å². The van der Waals surface area contributed by atoms with Crippen LogP contribution in [0, 0.1) is 6.92 Å². The van der Waals surface area contributed by atoms with Crippen LogP contribution in [0.25, 0.3) is 10.8 Å². The Labute approximate surface area is 183 Å². The summed E-state index contributed by atoms with van der Waals surface area (Å²) in [5.74, 6) is -0.846. The molecule has 1 fully saturated rings. The van der Waals surface area contributed by atoms with Gasteiger partial charge in [-0.3, -0.25) is 4.79 Å². The molecule has 0 spiro atoms. The number of hydrogen-bond donors (Lipinski definition) is 6. The molecule has 2 aliphatic rings. The van der Waals surface area contributed by atoms with Gasteiger partial charge in [-0.1, -0.05) is 6.07 Å². The van der Waals surface area contributed by atoms with Crippen LogP contribution in [0.1, 0.15) is 34.0 Å². The summed E-state index contributed by atoms with van der Waals surface area (Å²) < 4.78 is 16.3. The molecule has 0 bridgehead atoms. The molecule has 32 heavy (non-hydrogen) atoms. The van der Waals surface area contributed by atoms with Crippen molar-refractivity contribution < 1.29 is 49.6 Å². The molecular formula is C22H26O10. The minimum atomic E-state index is -1.65. The van der Waals surface area contributed by atoms with Gasteiger partial charge in [0.1, 0.15) is 42.0 Å². The van der Waals surface area contributed by atoms with Crippen LogP contribution < -0.4 is 4.74 Å². The predicted octanol–water partition coefficient (Wildman–Crippen LogP) is -0.333. The lowest BCUT2D eigenvalue weighted by Crippen LogP contribution is -2.60. The van der Waals surface area contributed by atoms with Crippen molar-refractivity contribution in [3.63, 3.8) is 0 Å². The summed E-state index contributed by atoms with van der Waals surface area (Å²) in [6.45, 7) is 1.14. The zero-order chi connectivity index (χ0) is 23.3. The number of aryl methyl sites for hydroxylation is 1. The number of Topliss-reactive ketones (excluding diaryl/α,β-unsaturated/α-hetero) is 1. The standard InChI is InChI=1S/C22H26O10/c1-8-3-9-5-10-11(24)6-13(30-2)17(25)16(10)19(27)15(9)12(4-8)31-22-21(29)20(28)18(26)14(7-23)32-22/h3-5,11,13-14,18,20-24,26-29H,6-7H2,1-2H3/t11-,13+,14-,18-,20+,21-,22-/m1/s1. The van der Waals surface area contributed by atoms with Crippen LogP contribution in [0.3, 0.4) is 0 Å². The minimum absolute atomic E-state index is 0.0476. The van der Waals surface area contributed by atoms with Crippen molar-refractivity contribution in [2.75, 3.05) is 13.7 Å². The fraction of sp³-hybridized carbons (Fsp3) is 0.500. The van der Waals surface area contributed by atoms with E-state index < -0.39 is 61.1 Å². The van der Waals surface area contributed by atoms with Crippen LogP contribution in [0.2, 0.25) is 0 Å². The molecule has 1 saturated heterocycles. The molecule has 0 saturated carbocycles. The maximum atomic E-state index is 12.8. The molecule has 10 nitrogen and oxygen atoms in total. The second kappa shape index (κ2) is 8.56. The van der Waals surface area contributed by atoms with E-state index in [9.17, 15) is 35.4 Å². The van der Waals surface area contributed by atoms with E-state index in [0.717, 1.165) is 0 Å². The molecule has 0 radical (unpaired) electrons. The second-order valence-corrected chi connectivity index (χ2v) is 8.21. The molecule has 0 aromatic heterocycles. The number of methoxy groups -OCH3 is 1. The zero-order valence-corrected chi connectivity index (χ0v) is 17.5. The Morgan fingerprint density at radius 1 is 1.09 bits per heavy atom. The van der Waals surface area contributed by atoms with Crippen LogP contribution in [0.5, 0.6) is 11.5 Å². The number of phenols is 1. The van der Waals surface area contributed by atoms with Gasteiger partial charge in [-0.15, -0.1) is 0 Å². The maximum Gasteiger partial charge on any atom is 0.229 e. The monoisotopic (exact) mass is 450 g/mol. The van der Waals surface area contributed by atoms with Crippen molar-refractivity contribution in [1.29, 1.82) is 0 Å². The van der Waals surface area contributed by atoms with Gasteiger partial charge in [0.15, 0.2) is 5.78 Å². The molecule has 1 aliphatic heterocycles. The highest BCUT2D eigenvalue weighted by Crippen LogP contribution is 2.45. The Kier molecular flexibility index (Phi) is 6.12. The largest absolute Gasteiger partial charge is 0.506 e. The van der Waals surface area contributed by atoms with Gasteiger partial charge < -0.3 is 44.8 Å². The van der Waals surface area contributed by atoms with E-state index >= 15 is 0 Å². The third kappa shape index (κ3) is 3.63. The van der Waals surface area contributed by atoms with Crippen molar-refractivity contribution in [1.82, 2.24) is 0 Å². The lowest BCUT2D eigenvalue weighted by molar-refractivity contribution is -0.277. The lowest BCUT2D eigenvalue weighted by Gasteiger charge is -2.39. The van der Waals surface area contributed by atoms with Crippen molar-refractivity contribution in [2.45, 2.75) is 56.3 Å². The van der Waals surface area contributed by atoms with Gasteiger partial charge in [-0.05, 0) is 35.6 Å². The number of carbonyl (C=O) groups excluding carboxylic acids is 1.